The molecule has 174 valence electrons. The third kappa shape index (κ3) is 5.37. The second kappa shape index (κ2) is 9.40. The summed E-state index contributed by atoms with van der Waals surface area (Å²) < 4.78 is 78.0. The summed E-state index contributed by atoms with van der Waals surface area (Å²) in [6.07, 6.45) is -11.3. The largest absolute Gasteiger partial charge is 0.416 e. The third-order valence-corrected chi connectivity index (χ3v) is 4.38. The standard InChI is InChI=1S/C20H14F6N4O3/c21-16(22)15(31)17(23)28-18(32)13-8-14(10-3-5-11(6-4-10)20(24,25)26)29-30(19(13)33)12-2-1-7-27-9-12/h1-9,15-17,31H,(H,28,32). The van der Waals surface area contributed by atoms with Gasteiger partial charge < -0.3 is 10.4 Å². The predicted molar refractivity (Wildman–Crippen MR) is 102 cm³/mol. The maximum Gasteiger partial charge on any atom is 0.416 e. The minimum Gasteiger partial charge on any atom is -0.382 e. The van der Waals surface area contributed by atoms with Crippen LogP contribution in [0.5, 0.6) is 0 Å². The molecule has 3 aromatic rings. The summed E-state index contributed by atoms with van der Waals surface area (Å²) in [5.41, 5.74) is -2.82. The Kier molecular flexibility index (Phi) is 6.81. The van der Waals surface area contributed by atoms with E-state index in [2.05, 4.69) is 10.1 Å². The molecule has 33 heavy (non-hydrogen) atoms. The SMILES string of the molecule is O=C(NC(F)C(O)C(F)F)c1cc(-c2ccc(C(F)(F)F)cc2)nn(-c2cccnc2)c1=O. The molecule has 0 radical (unpaired) electrons. The molecule has 7 nitrogen and oxygen atoms in total. The molecule has 0 aliphatic rings. The molecule has 0 bridgehead atoms. The molecule has 2 aromatic heterocycles. The lowest BCUT2D eigenvalue weighted by molar-refractivity contribution is -0.137. The summed E-state index contributed by atoms with van der Waals surface area (Å²) in [6.45, 7) is 0. The summed E-state index contributed by atoms with van der Waals surface area (Å²) in [5.74, 6) is -1.44. The highest BCUT2D eigenvalue weighted by Crippen LogP contribution is 2.30. The number of alkyl halides is 6. The van der Waals surface area contributed by atoms with E-state index in [-0.39, 0.29) is 16.9 Å². The highest BCUT2D eigenvalue weighted by atomic mass is 19.4. The number of aliphatic hydroxyl groups is 1. The number of carbonyl (C=O) groups is 1. The first kappa shape index (κ1) is 23.9. The molecule has 0 fully saturated rings. The number of nitrogens with one attached hydrogen (secondary N) is 1. The van der Waals surface area contributed by atoms with Gasteiger partial charge in [-0.05, 0) is 30.3 Å². The monoisotopic (exact) mass is 472 g/mol. The zero-order chi connectivity index (χ0) is 24.3. The fourth-order valence-corrected chi connectivity index (χ4v) is 2.70. The number of halogens is 6. The third-order valence-electron chi connectivity index (χ3n) is 4.38. The van der Waals surface area contributed by atoms with Crippen molar-refractivity contribution in [3.8, 4) is 16.9 Å². The van der Waals surface area contributed by atoms with Gasteiger partial charge in [0.25, 0.3) is 17.9 Å². The van der Waals surface area contributed by atoms with E-state index in [1.165, 1.54) is 29.8 Å². The second-order valence-electron chi connectivity index (χ2n) is 6.65. The van der Waals surface area contributed by atoms with Crippen LogP contribution in [0.2, 0.25) is 0 Å². The molecule has 0 saturated carbocycles. The fourth-order valence-electron chi connectivity index (χ4n) is 2.70. The number of hydrogen-bond donors (Lipinski definition) is 2. The first-order chi connectivity index (χ1) is 15.5. The summed E-state index contributed by atoms with van der Waals surface area (Å²) in [4.78, 5) is 29.0. The van der Waals surface area contributed by atoms with Crippen LogP contribution in [0.15, 0.2) is 59.7 Å². The Balaban J connectivity index is 2.10. The smallest absolute Gasteiger partial charge is 0.382 e. The Hall–Kier alpha value is -3.74. The first-order valence-corrected chi connectivity index (χ1v) is 9.12. The van der Waals surface area contributed by atoms with E-state index in [1.54, 1.807) is 0 Å². The van der Waals surface area contributed by atoms with E-state index in [0.717, 1.165) is 30.3 Å². The van der Waals surface area contributed by atoms with E-state index in [9.17, 15) is 35.9 Å². The van der Waals surface area contributed by atoms with Crippen LogP contribution in [-0.4, -0.2) is 44.6 Å². The summed E-state index contributed by atoms with van der Waals surface area (Å²) in [5, 5.41) is 14.6. The molecule has 0 saturated heterocycles. The predicted octanol–water partition coefficient (Wildman–Crippen LogP) is 2.96. The Morgan fingerprint density at radius 1 is 1.09 bits per heavy atom. The van der Waals surface area contributed by atoms with Gasteiger partial charge in [-0.3, -0.25) is 14.6 Å². The lowest BCUT2D eigenvalue weighted by Crippen LogP contribution is -2.45. The summed E-state index contributed by atoms with van der Waals surface area (Å²) in [6, 6.07) is 7.30. The van der Waals surface area contributed by atoms with Gasteiger partial charge in [0.15, 0.2) is 6.10 Å². The van der Waals surface area contributed by atoms with Crippen LogP contribution < -0.4 is 10.9 Å². The minimum absolute atomic E-state index is 0.0646. The van der Waals surface area contributed by atoms with Crippen LogP contribution in [-0.2, 0) is 6.18 Å². The van der Waals surface area contributed by atoms with Gasteiger partial charge in [-0.15, -0.1) is 0 Å². The van der Waals surface area contributed by atoms with Crippen LogP contribution in [0.3, 0.4) is 0 Å². The van der Waals surface area contributed by atoms with Crippen molar-refractivity contribution in [3.05, 3.63) is 76.3 Å². The van der Waals surface area contributed by atoms with Crippen molar-refractivity contribution >= 4 is 5.91 Å². The van der Waals surface area contributed by atoms with Crippen molar-refractivity contribution in [3.63, 3.8) is 0 Å². The Morgan fingerprint density at radius 3 is 2.30 bits per heavy atom. The van der Waals surface area contributed by atoms with E-state index < -0.39 is 47.6 Å². The van der Waals surface area contributed by atoms with Gasteiger partial charge in [0.1, 0.15) is 5.56 Å². The molecular weight excluding hydrogens is 458 g/mol. The molecule has 0 aliphatic heterocycles. The van der Waals surface area contributed by atoms with E-state index in [4.69, 9.17) is 5.11 Å². The van der Waals surface area contributed by atoms with Crippen LogP contribution >= 0.6 is 0 Å². The molecule has 2 atom stereocenters. The van der Waals surface area contributed by atoms with Gasteiger partial charge in [0.2, 0.25) is 6.30 Å². The number of amides is 1. The van der Waals surface area contributed by atoms with Crippen LogP contribution in [0.1, 0.15) is 15.9 Å². The molecule has 3 rings (SSSR count). The van der Waals surface area contributed by atoms with Crippen molar-refractivity contribution in [1.29, 1.82) is 0 Å². The molecule has 1 aromatic carbocycles. The van der Waals surface area contributed by atoms with Gasteiger partial charge in [-0.25, -0.2) is 13.2 Å². The molecule has 2 heterocycles. The van der Waals surface area contributed by atoms with Gasteiger partial charge >= 0.3 is 6.18 Å². The zero-order valence-electron chi connectivity index (χ0n) is 16.3. The molecular formula is C20H14F6N4O3. The van der Waals surface area contributed by atoms with Crippen molar-refractivity contribution in [1.82, 2.24) is 20.1 Å². The Morgan fingerprint density at radius 2 is 1.76 bits per heavy atom. The Bertz CT molecular complexity index is 1180. The zero-order valence-corrected chi connectivity index (χ0v) is 16.3. The molecule has 13 heteroatoms. The van der Waals surface area contributed by atoms with Gasteiger partial charge in [0, 0.05) is 11.8 Å². The average molecular weight is 472 g/mol. The first-order valence-electron chi connectivity index (χ1n) is 9.12. The summed E-state index contributed by atoms with van der Waals surface area (Å²) in [7, 11) is 0. The van der Waals surface area contributed by atoms with E-state index in [1.807, 2.05) is 0 Å². The number of pyridine rings is 1. The van der Waals surface area contributed by atoms with E-state index in [0.29, 0.717) is 4.68 Å². The lowest BCUT2D eigenvalue weighted by atomic mass is 10.1. The fraction of sp³-hybridized carbons (Fsp3) is 0.200. The average Bonchev–Trinajstić information content (AvgIpc) is 2.78. The van der Waals surface area contributed by atoms with E-state index >= 15 is 0 Å². The van der Waals surface area contributed by atoms with Crippen molar-refractivity contribution in [2.75, 3.05) is 0 Å². The topological polar surface area (TPSA) is 97.1 Å². The molecule has 0 spiro atoms. The molecule has 0 aliphatic carbocycles. The van der Waals surface area contributed by atoms with Crippen LogP contribution in [0.25, 0.3) is 16.9 Å². The Labute approximate surface area is 181 Å². The molecule has 2 N–H and O–H groups in total. The maximum absolute atomic E-state index is 13.8. The quantitative estimate of drug-likeness (QED) is 0.425. The van der Waals surface area contributed by atoms with Crippen LogP contribution in [0.4, 0.5) is 26.3 Å². The van der Waals surface area contributed by atoms with Gasteiger partial charge in [0.05, 0.1) is 23.1 Å². The number of hydrogen-bond acceptors (Lipinski definition) is 5. The number of aromatic nitrogens is 3. The number of benzene rings is 1. The normalized spacial score (nSPS) is 13.6. The highest BCUT2D eigenvalue weighted by molar-refractivity contribution is 5.95. The molecule has 1 amide bonds. The van der Waals surface area contributed by atoms with Gasteiger partial charge in [-0.2, -0.15) is 23.0 Å². The van der Waals surface area contributed by atoms with Gasteiger partial charge in [-0.1, -0.05) is 12.1 Å². The maximum atomic E-state index is 13.8. The van der Waals surface area contributed by atoms with Crippen molar-refractivity contribution in [2.45, 2.75) is 25.0 Å². The number of carbonyl (C=O) groups excluding carboxylic acids is 1. The lowest BCUT2D eigenvalue weighted by Gasteiger charge is -2.17. The number of nitrogens with zero attached hydrogens (tertiary/aromatic N) is 3. The number of aliphatic hydroxyl groups excluding tert-OH is 1. The molecule has 2 unspecified atom stereocenters. The second-order valence-corrected chi connectivity index (χ2v) is 6.65. The van der Waals surface area contributed by atoms with Crippen LogP contribution in [0, 0.1) is 0 Å². The summed E-state index contributed by atoms with van der Waals surface area (Å²) >= 11 is 0. The number of rotatable bonds is 6. The van der Waals surface area contributed by atoms with Crippen molar-refractivity contribution < 1.29 is 36.2 Å². The minimum atomic E-state index is -4.60. The van der Waals surface area contributed by atoms with Crippen molar-refractivity contribution in [2.24, 2.45) is 0 Å². The highest BCUT2D eigenvalue weighted by Gasteiger charge is 2.31.